The van der Waals surface area contributed by atoms with E-state index in [4.69, 9.17) is 5.73 Å². The molecule has 0 saturated carbocycles. The molecular weight excluding hydrogens is 228 g/mol. The molecule has 0 atom stereocenters. The summed E-state index contributed by atoms with van der Waals surface area (Å²) in [5, 5.41) is 0. The maximum atomic E-state index is 11.9. The van der Waals surface area contributed by atoms with Gasteiger partial charge in [-0.2, -0.15) is 0 Å². The fourth-order valence-electron chi connectivity index (χ4n) is 2.13. The molecule has 5 nitrogen and oxygen atoms in total. The van der Waals surface area contributed by atoms with Gasteiger partial charge in [0.1, 0.15) is 5.82 Å². The topological polar surface area (TPSA) is 62.5 Å². The second-order valence-electron chi connectivity index (χ2n) is 4.91. The fraction of sp³-hybridized carbons (Fsp3) is 0.538. The van der Waals surface area contributed by atoms with Gasteiger partial charge in [0.2, 0.25) is 5.91 Å². The van der Waals surface area contributed by atoms with Crippen molar-refractivity contribution >= 4 is 17.4 Å². The lowest BCUT2D eigenvalue weighted by atomic mass is 10.1. The van der Waals surface area contributed by atoms with Crippen molar-refractivity contribution in [3.8, 4) is 0 Å². The van der Waals surface area contributed by atoms with E-state index in [1.807, 2.05) is 24.8 Å². The first kappa shape index (κ1) is 12.7. The zero-order valence-corrected chi connectivity index (χ0v) is 11.0. The number of hydrogen-bond donors (Lipinski definition) is 1. The molecule has 1 aliphatic heterocycles. The Balaban J connectivity index is 1.94. The molecule has 0 unspecified atom stereocenters. The molecule has 1 aromatic heterocycles. The van der Waals surface area contributed by atoms with Crippen molar-refractivity contribution in [2.45, 2.75) is 13.8 Å². The van der Waals surface area contributed by atoms with Gasteiger partial charge in [-0.1, -0.05) is 13.8 Å². The van der Waals surface area contributed by atoms with Crippen molar-refractivity contribution in [1.82, 2.24) is 9.88 Å². The van der Waals surface area contributed by atoms with Gasteiger partial charge in [0.15, 0.2) is 0 Å². The highest BCUT2D eigenvalue weighted by atomic mass is 16.2. The summed E-state index contributed by atoms with van der Waals surface area (Å²) in [6.07, 6.45) is 1.79. The molecule has 98 valence electrons. The number of pyridine rings is 1. The van der Waals surface area contributed by atoms with Crippen molar-refractivity contribution in [2.24, 2.45) is 5.92 Å². The second-order valence-corrected chi connectivity index (χ2v) is 4.91. The van der Waals surface area contributed by atoms with Crippen LogP contribution < -0.4 is 10.6 Å². The van der Waals surface area contributed by atoms with Gasteiger partial charge in [-0.3, -0.25) is 4.79 Å². The molecule has 2 heterocycles. The third-order valence-corrected chi connectivity index (χ3v) is 3.22. The van der Waals surface area contributed by atoms with Crippen LogP contribution in [0, 0.1) is 5.92 Å². The molecule has 18 heavy (non-hydrogen) atoms. The van der Waals surface area contributed by atoms with Crippen molar-refractivity contribution in [1.29, 1.82) is 0 Å². The van der Waals surface area contributed by atoms with E-state index in [0.29, 0.717) is 5.82 Å². The third-order valence-electron chi connectivity index (χ3n) is 3.22. The maximum absolute atomic E-state index is 11.9. The molecule has 2 N–H and O–H groups in total. The molecule has 1 aromatic rings. The first-order valence-corrected chi connectivity index (χ1v) is 6.33. The number of hydrogen-bond acceptors (Lipinski definition) is 4. The summed E-state index contributed by atoms with van der Waals surface area (Å²) >= 11 is 0. The SMILES string of the molecule is CC(C)C(=O)N1CCN(c2ccc(N)nc2)CC1. The Hall–Kier alpha value is -1.78. The Morgan fingerprint density at radius 1 is 1.28 bits per heavy atom. The number of nitrogen functional groups attached to an aromatic ring is 1. The summed E-state index contributed by atoms with van der Waals surface area (Å²) in [6.45, 7) is 7.15. The molecule has 0 radical (unpaired) electrons. The van der Waals surface area contributed by atoms with Crippen LogP contribution in [0.15, 0.2) is 18.3 Å². The third kappa shape index (κ3) is 2.72. The minimum Gasteiger partial charge on any atom is -0.384 e. The van der Waals surface area contributed by atoms with E-state index >= 15 is 0 Å². The van der Waals surface area contributed by atoms with E-state index in [-0.39, 0.29) is 11.8 Å². The Labute approximate surface area is 108 Å². The molecular formula is C13H20N4O. The van der Waals surface area contributed by atoms with Crippen LogP contribution >= 0.6 is 0 Å². The van der Waals surface area contributed by atoms with Crippen LogP contribution in [-0.4, -0.2) is 42.0 Å². The minimum atomic E-state index is 0.0785. The van der Waals surface area contributed by atoms with E-state index in [1.165, 1.54) is 0 Å². The van der Waals surface area contributed by atoms with Gasteiger partial charge in [0, 0.05) is 32.1 Å². The second kappa shape index (κ2) is 5.25. The number of amides is 1. The number of anilines is 2. The lowest BCUT2D eigenvalue weighted by molar-refractivity contribution is -0.134. The summed E-state index contributed by atoms with van der Waals surface area (Å²) in [4.78, 5) is 20.1. The lowest BCUT2D eigenvalue weighted by Crippen LogP contribution is -2.49. The van der Waals surface area contributed by atoms with Gasteiger partial charge in [-0.05, 0) is 12.1 Å². The first-order valence-electron chi connectivity index (χ1n) is 6.33. The predicted octanol–water partition coefficient (Wildman–Crippen LogP) is 0.968. The highest BCUT2D eigenvalue weighted by molar-refractivity contribution is 5.78. The summed E-state index contributed by atoms with van der Waals surface area (Å²) < 4.78 is 0. The van der Waals surface area contributed by atoms with E-state index in [1.54, 1.807) is 12.3 Å². The molecule has 2 rings (SSSR count). The highest BCUT2D eigenvalue weighted by Gasteiger charge is 2.22. The minimum absolute atomic E-state index is 0.0785. The monoisotopic (exact) mass is 248 g/mol. The summed E-state index contributed by atoms with van der Waals surface area (Å²) in [7, 11) is 0. The maximum Gasteiger partial charge on any atom is 0.225 e. The average molecular weight is 248 g/mol. The van der Waals surface area contributed by atoms with Crippen LogP contribution in [-0.2, 0) is 4.79 Å². The molecule has 0 spiro atoms. The smallest absolute Gasteiger partial charge is 0.225 e. The fourth-order valence-corrected chi connectivity index (χ4v) is 2.13. The van der Waals surface area contributed by atoms with Gasteiger partial charge in [-0.15, -0.1) is 0 Å². The normalized spacial score (nSPS) is 16.2. The van der Waals surface area contributed by atoms with Crippen LogP contribution in [0.5, 0.6) is 0 Å². The Morgan fingerprint density at radius 2 is 1.94 bits per heavy atom. The molecule has 0 aliphatic carbocycles. The number of carbonyl (C=O) groups is 1. The summed E-state index contributed by atoms with van der Waals surface area (Å²) in [5.74, 6) is 0.854. The van der Waals surface area contributed by atoms with Crippen LogP contribution in [0.1, 0.15) is 13.8 Å². The molecule has 1 amide bonds. The Bertz CT molecular complexity index is 408. The van der Waals surface area contributed by atoms with Crippen molar-refractivity contribution in [3.05, 3.63) is 18.3 Å². The molecule has 1 saturated heterocycles. The van der Waals surface area contributed by atoms with E-state index < -0.39 is 0 Å². The van der Waals surface area contributed by atoms with Crippen molar-refractivity contribution in [3.63, 3.8) is 0 Å². The van der Waals surface area contributed by atoms with Crippen LogP contribution in [0.3, 0.4) is 0 Å². The number of aromatic nitrogens is 1. The van der Waals surface area contributed by atoms with Gasteiger partial charge >= 0.3 is 0 Å². The molecule has 0 bridgehead atoms. The molecule has 0 aromatic carbocycles. The standard InChI is InChI=1S/C13H20N4O/c1-10(2)13(18)17-7-5-16(6-8-17)11-3-4-12(14)15-9-11/h3-4,9-10H,5-8H2,1-2H3,(H2,14,15). The number of rotatable bonds is 2. The Morgan fingerprint density at radius 3 is 2.44 bits per heavy atom. The van der Waals surface area contributed by atoms with Gasteiger partial charge in [0.05, 0.1) is 11.9 Å². The molecule has 1 aliphatic rings. The zero-order valence-electron chi connectivity index (χ0n) is 11.0. The van der Waals surface area contributed by atoms with Gasteiger partial charge < -0.3 is 15.5 Å². The largest absolute Gasteiger partial charge is 0.384 e. The van der Waals surface area contributed by atoms with Crippen LogP contribution in [0.4, 0.5) is 11.5 Å². The molecule has 1 fully saturated rings. The van der Waals surface area contributed by atoms with Crippen molar-refractivity contribution in [2.75, 3.05) is 36.8 Å². The predicted molar refractivity (Wildman–Crippen MR) is 72.3 cm³/mol. The summed E-state index contributed by atoms with van der Waals surface area (Å²) in [6, 6.07) is 3.78. The number of carbonyl (C=O) groups excluding carboxylic acids is 1. The number of nitrogens with zero attached hydrogens (tertiary/aromatic N) is 3. The van der Waals surface area contributed by atoms with Gasteiger partial charge in [0.25, 0.3) is 0 Å². The Kier molecular flexibility index (Phi) is 3.69. The molecule has 5 heteroatoms. The van der Waals surface area contributed by atoms with E-state index in [0.717, 1.165) is 31.9 Å². The zero-order chi connectivity index (χ0) is 13.1. The highest BCUT2D eigenvalue weighted by Crippen LogP contribution is 2.16. The van der Waals surface area contributed by atoms with Crippen LogP contribution in [0.25, 0.3) is 0 Å². The lowest BCUT2D eigenvalue weighted by Gasteiger charge is -2.36. The average Bonchev–Trinajstić information content (AvgIpc) is 2.39. The van der Waals surface area contributed by atoms with Gasteiger partial charge in [-0.25, -0.2) is 4.98 Å². The first-order chi connectivity index (χ1) is 8.58. The van der Waals surface area contributed by atoms with E-state index in [2.05, 4.69) is 9.88 Å². The number of nitrogens with two attached hydrogens (primary N) is 1. The van der Waals surface area contributed by atoms with Crippen molar-refractivity contribution < 1.29 is 4.79 Å². The quantitative estimate of drug-likeness (QED) is 0.847. The van der Waals surface area contributed by atoms with Crippen LogP contribution in [0.2, 0.25) is 0 Å². The summed E-state index contributed by atoms with van der Waals surface area (Å²) in [5.41, 5.74) is 6.64. The number of piperazine rings is 1. The van der Waals surface area contributed by atoms with E-state index in [9.17, 15) is 4.79 Å².